The van der Waals surface area contributed by atoms with Crippen molar-refractivity contribution in [2.45, 2.75) is 50.6 Å². The number of H-pyrrole nitrogens is 1. The van der Waals surface area contributed by atoms with Crippen molar-refractivity contribution in [3.8, 4) is 0 Å². The van der Waals surface area contributed by atoms with Crippen LogP contribution in [0.3, 0.4) is 0 Å². The van der Waals surface area contributed by atoms with E-state index >= 15 is 0 Å². The number of carbonyl (C=O) groups is 1. The molecule has 1 aromatic carbocycles. The zero-order valence-corrected chi connectivity index (χ0v) is 16.1. The first-order chi connectivity index (χ1) is 13.7. The van der Waals surface area contributed by atoms with Gasteiger partial charge in [-0.1, -0.05) is 24.3 Å². The molecule has 1 saturated heterocycles. The number of hydrogen-bond donors (Lipinski definition) is 1. The van der Waals surface area contributed by atoms with Crippen LogP contribution in [0.1, 0.15) is 58.9 Å². The molecule has 1 aliphatic carbocycles. The highest BCUT2D eigenvalue weighted by Gasteiger charge is 2.31. The molecule has 2 aromatic rings. The second-order valence-electron chi connectivity index (χ2n) is 8.30. The van der Waals surface area contributed by atoms with Crippen LogP contribution in [0.5, 0.6) is 0 Å². The van der Waals surface area contributed by atoms with Gasteiger partial charge in [-0.25, -0.2) is 4.98 Å². The number of amides is 1. The average molecular weight is 378 g/mol. The number of nitrogens with zero attached hydrogens (tertiary/aromatic N) is 3. The molecule has 1 amide bonds. The highest BCUT2D eigenvalue weighted by atomic mass is 16.2. The van der Waals surface area contributed by atoms with Crippen LogP contribution < -0.4 is 5.56 Å². The molecule has 0 unspecified atom stereocenters. The molecule has 0 bridgehead atoms. The fourth-order valence-corrected chi connectivity index (χ4v) is 4.56. The van der Waals surface area contributed by atoms with Crippen molar-refractivity contribution in [3.63, 3.8) is 0 Å². The molecule has 0 spiro atoms. The fourth-order valence-electron chi connectivity index (χ4n) is 4.56. The molecule has 6 nitrogen and oxygen atoms in total. The number of aromatic amines is 1. The summed E-state index contributed by atoms with van der Waals surface area (Å²) in [7, 11) is 0. The number of rotatable bonds is 3. The molecule has 3 heterocycles. The van der Waals surface area contributed by atoms with Gasteiger partial charge in [0.2, 0.25) is 0 Å². The molecule has 28 heavy (non-hydrogen) atoms. The summed E-state index contributed by atoms with van der Waals surface area (Å²) in [5.41, 5.74) is 2.78. The maximum absolute atomic E-state index is 12.8. The zero-order valence-electron chi connectivity index (χ0n) is 16.1. The lowest BCUT2D eigenvalue weighted by molar-refractivity contribution is 0.0597. The van der Waals surface area contributed by atoms with E-state index in [1.54, 1.807) is 0 Å². The van der Waals surface area contributed by atoms with E-state index in [1.165, 1.54) is 17.3 Å². The Bertz CT molecular complexity index is 942. The maximum atomic E-state index is 12.8. The number of benzene rings is 1. The lowest BCUT2D eigenvalue weighted by Crippen LogP contribution is -2.48. The minimum Gasteiger partial charge on any atom is -0.338 e. The summed E-state index contributed by atoms with van der Waals surface area (Å²) >= 11 is 0. The highest BCUT2D eigenvalue weighted by molar-refractivity contribution is 5.93. The van der Waals surface area contributed by atoms with Gasteiger partial charge in [-0.3, -0.25) is 14.5 Å². The van der Waals surface area contributed by atoms with Crippen LogP contribution in [0.15, 0.2) is 35.3 Å². The summed E-state index contributed by atoms with van der Waals surface area (Å²) in [6.07, 6.45) is 6.64. The fraction of sp³-hybridized carbons (Fsp3) is 0.500. The normalized spacial score (nSPS) is 20.8. The van der Waals surface area contributed by atoms with E-state index in [4.69, 9.17) is 0 Å². The van der Waals surface area contributed by atoms with Gasteiger partial charge >= 0.3 is 0 Å². The van der Waals surface area contributed by atoms with Gasteiger partial charge in [0.15, 0.2) is 0 Å². The van der Waals surface area contributed by atoms with Crippen LogP contribution in [0, 0.1) is 0 Å². The van der Waals surface area contributed by atoms with E-state index in [1.807, 2.05) is 4.90 Å². The van der Waals surface area contributed by atoms with Crippen molar-refractivity contribution in [2.24, 2.45) is 0 Å². The van der Waals surface area contributed by atoms with Crippen LogP contribution in [-0.2, 0) is 13.0 Å². The Morgan fingerprint density at radius 1 is 1.04 bits per heavy atom. The van der Waals surface area contributed by atoms with Gasteiger partial charge in [-0.05, 0) is 43.2 Å². The largest absolute Gasteiger partial charge is 0.338 e. The molecule has 5 rings (SSSR count). The Labute approximate surface area is 164 Å². The van der Waals surface area contributed by atoms with E-state index in [-0.39, 0.29) is 17.0 Å². The van der Waals surface area contributed by atoms with E-state index in [0.717, 1.165) is 51.0 Å². The Hall–Kier alpha value is -2.47. The molecule has 2 fully saturated rings. The number of hydrogen-bond acceptors (Lipinski definition) is 4. The Morgan fingerprint density at radius 3 is 2.50 bits per heavy atom. The first-order valence-electron chi connectivity index (χ1n) is 10.4. The SMILES string of the molecule is O=C(c1cnc(C2CC2)[nH]c1=O)N1CCC(N2CCc3ccccc3C2)CC1. The monoisotopic (exact) mass is 378 g/mol. The van der Waals surface area contributed by atoms with E-state index in [9.17, 15) is 9.59 Å². The van der Waals surface area contributed by atoms with Crippen molar-refractivity contribution < 1.29 is 4.79 Å². The molecule has 3 aliphatic rings. The van der Waals surface area contributed by atoms with Gasteiger partial charge in [0.1, 0.15) is 11.4 Å². The number of aromatic nitrogens is 2. The van der Waals surface area contributed by atoms with Crippen molar-refractivity contribution in [1.82, 2.24) is 19.8 Å². The molecular formula is C22H26N4O2. The molecule has 6 heteroatoms. The Kier molecular flexibility index (Phi) is 4.51. The van der Waals surface area contributed by atoms with Crippen LogP contribution in [-0.4, -0.2) is 51.4 Å². The maximum Gasteiger partial charge on any atom is 0.263 e. The molecule has 2 aliphatic heterocycles. The zero-order chi connectivity index (χ0) is 19.1. The number of carbonyl (C=O) groups excluding carboxylic acids is 1. The van der Waals surface area contributed by atoms with Gasteiger partial charge in [0.05, 0.1) is 0 Å². The number of nitrogens with one attached hydrogen (secondary N) is 1. The first kappa shape index (κ1) is 17.6. The highest BCUT2D eigenvalue weighted by Crippen LogP contribution is 2.37. The predicted octanol–water partition coefficient (Wildman–Crippen LogP) is 2.31. The minimum absolute atomic E-state index is 0.176. The molecular weight excluding hydrogens is 352 g/mol. The molecule has 1 aromatic heterocycles. The van der Waals surface area contributed by atoms with Crippen LogP contribution in [0.25, 0.3) is 0 Å². The Morgan fingerprint density at radius 2 is 1.79 bits per heavy atom. The summed E-state index contributed by atoms with van der Waals surface area (Å²) in [6, 6.07) is 9.19. The van der Waals surface area contributed by atoms with Crippen LogP contribution in [0.2, 0.25) is 0 Å². The lowest BCUT2D eigenvalue weighted by atomic mass is 9.95. The van der Waals surface area contributed by atoms with Crippen LogP contribution in [0.4, 0.5) is 0 Å². The minimum atomic E-state index is -0.295. The van der Waals surface area contributed by atoms with Gasteiger partial charge < -0.3 is 9.88 Å². The van der Waals surface area contributed by atoms with Gasteiger partial charge in [0, 0.05) is 44.3 Å². The van der Waals surface area contributed by atoms with Crippen molar-refractivity contribution in [3.05, 3.63) is 63.3 Å². The number of likely N-dealkylation sites (tertiary alicyclic amines) is 1. The summed E-state index contributed by atoms with van der Waals surface area (Å²) in [4.78, 5) is 36.6. The summed E-state index contributed by atoms with van der Waals surface area (Å²) in [6.45, 7) is 3.49. The second kappa shape index (κ2) is 7.17. The second-order valence-corrected chi connectivity index (χ2v) is 8.30. The van der Waals surface area contributed by atoms with Gasteiger partial charge in [0.25, 0.3) is 11.5 Å². The molecule has 0 atom stereocenters. The summed E-state index contributed by atoms with van der Waals surface area (Å²) < 4.78 is 0. The number of piperidine rings is 1. The van der Waals surface area contributed by atoms with Gasteiger partial charge in [-0.2, -0.15) is 0 Å². The van der Waals surface area contributed by atoms with Crippen molar-refractivity contribution >= 4 is 5.91 Å². The Balaban J connectivity index is 1.21. The van der Waals surface area contributed by atoms with Gasteiger partial charge in [-0.15, -0.1) is 0 Å². The van der Waals surface area contributed by atoms with E-state index in [2.05, 4.69) is 39.1 Å². The van der Waals surface area contributed by atoms with Crippen molar-refractivity contribution in [2.75, 3.05) is 19.6 Å². The predicted molar refractivity (Wildman–Crippen MR) is 106 cm³/mol. The topological polar surface area (TPSA) is 69.3 Å². The van der Waals surface area contributed by atoms with E-state index in [0.29, 0.717) is 25.0 Å². The summed E-state index contributed by atoms with van der Waals surface area (Å²) in [5.74, 6) is 0.923. The average Bonchev–Trinajstić information content (AvgIpc) is 3.58. The third-order valence-corrected chi connectivity index (χ3v) is 6.44. The molecule has 1 saturated carbocycles. The standard InChI is InChI=1S/C22H26N4O2/c27-21-19(13-23-20(24-21)16-5-6-16)22(28)25-11-8-18(9-12-25)26-10-7-15-3-1-2-4-17(15)14-26/h1-4,13,16,18H,5-12,14H2,(H,23,24,27). The van der Waals surface area contributed by atoms with Crippen LogP contribution >= 0.6 is 0 Å². The third kappa shape index (κ3) is 3.37. The molecule has 146 valence electrons. The third-order valence-electron chi connectivity index (χ3n) is 6.44. The van der Waals surface area contributed by atoms with Crippen molar-refractivity contribution in [1.29, 1.82) is 0 Å². The molecule has 0 radical (unpaired) electrons. The summed E-state index contributed by atoms with van der Waals surface area (Å²) in [5, 5.41) is 0. The lowest BCUT2D eigenvalue weighted by Gasteiger charge is -2.40. The molecule has 1 N–H and O–H groups in total. The van der Waals surface area contributed by atoms with E-state index < -0.39 is 0 Å². The number of fused-ring (bicyclic) bond motifs is 1. The first-order valence-corrected chi connectivity index (χ1v) is 10.4. The smallest absolute Gasteiger partial charge is 0.263 e. The quantitative estimate of drug-likeness (QED) is 0.890.